The third-order valence-corrected chi connectivity index (χ3v) is 2.75. The van der Waals surface area contributed by atoms with Gasteiger partial charge >= 0.3 is 12.1 Å². The van der Waals surface area contributed by atoms with Gasteiger partial charge in [-0.25, -0.2) is 9.78 Å². The Balaban J connectivity index is 1.94. The fraction of sp³-hybridized carbons (Fsp3) is 0.214. The predicted octanol–water partition coefficient (Wildman–Crippen LogP) is 1.57. The molecule has 0 saturated heterocycles. The number of hydrogen-bond donors (Lipinski definition) is 1. The molecule has 23 heavy (non-hydrogen) atoms. The number of nitrogens with zero attached hydrogens (tertiary/aromatic N) is 2. The molecule has 0 unspecified atom stereocenters. The average Bonchev–Trinajstić information content (AvgIpc) is 2.47. The first kappa shape index (κ1) is 16.5. The van der Waals surface area contributed by atoms with Gasteiger partial charge in [0.1, 0.15) is 5.75 Å². The van der Waals surface area contributed by atoms with Crippen molar-refractivity contribution in [2.45, 2.75) is 12.9 Å². The molecule has 0 atom stereocenters. The zero-order valence-corrected chi connectivity index (χ0v) is 11.7. The summed E-state index contributed by atoms with van der Waals surface area (Å²) in [6.45, 7) is 0.311. The van der Waals surface area contributed by atoms with Gasteiger partial charge in [-0.3, -0.25) is 9.36 Å². The summed E-state index contributed by atoms with van der Waals surface area (Å²) < 4.78 is 41.5. The molecule has 0 aliphatic rings. The Bertz CT molecular complexity index is 744. The van der Waals surface area contributed by atoms with Crippen molar-refractivity contribution in [1.29, 1.82) is 0 Å². The molecule has 1 N–H and O–H groups in total. The van der Waals surface area contributed by atoms with Gasteiger partial charge in [0.15, 0.2) is 0 Å². The summed E-state index contributed by atoms with van der Waals surface area (Å²) in [4.78, 5) is 26.8. The Morgan fingerprint density at radius 2 is 2.09 bits per heavy atom. The number of alkyl halides is 3. The molecule has 1 aromatic heterocycles. The molecule has 0 aliphatic carbocycles. The third kappa shape index (κ3) is 5.13. The van der Waals surface area contributed by atoms with E-state index in [1.54, 1.807) is 6.07 Å². The number of amides is 1. The number of rotatable bonds is 5. The predicted molar refractivity (Wildman–Crippen MR) is 74.0 cm³/mol. The lowest BCUT2D eigenvalue weighted by atomic mass is 10.2. The van der Waals surface area contributed by atoms with Gasteiger partial charge in [0.05, 0.1) is 0 Å². The number of ether oxygens (including phenoxy) is 1. The van der Waals surface area contributed by atoms with E-state index < -0.39 is 23.7 Å². The number of hydrogen-bond acceptors (Lipinski definition) is 4. The molecule has 0 spiro atoms. The summed E-state index contributed by atoms with van der Waals surface area (Å²) in [6, 6.07) is 6.29. The van der Waals surface area contributed by atoms with Crippen LogP contribution in [0.15, 0.2) is 47.5 Å². The molecular weight excluding hydrogens is 315 g/mol. The van der Waals surface area contributed by atoms with Crippen LogP contribution in [0.25, 0.3) is 0 Å². The van der Waals surface area contributed by atoms with Gasteiger partial charge in [-0.15, -0.1) is 13.2 Å². The van der Waals surface area contributed by atoms with Crippen LogP contribution in [-0.2, 0) is 6.54 Å². The monoisotopic (exact) mass is 327 g/mol. The highest BCUT2D eigenvalue weighted by atomic mass is 19.4. The second kappa shape index (κ2) is 6.95. The van der Waals surface area contributed by atoms with Crippen LogP contribution in [0.2, 0.25) is 0 Å². The molecule has 122 valence electrons. The Morgan fingerprint density at radius 3 is 2.78 bits per heavy atom. The normalized spacial score (nSPS) is 11.1. The van der Waals surface area contributed by atoms with Crippen molar-refractivity contribution in [2.75, 3.05) is 6.54 Å². The highest BCUT2D eigenvalue weighted by Gasteiger charge is 2.31. The molecule has 2 aromatic rings. The number of aromatic nitrogens is 2. The van der Waals surface area contributed by atoms with E-state index in [2.05, 4.69) is 15.0 Å². The van der Waals surface area contributed by atoms with Gasteiger partial charge in [0, 0.05) is 31.0 Å². The van der Waals surface area contributed by atoms with Crippen molar-refractivity contribution >= 4 is 5.91 Å². The van der Waals surface area contributed by atoms with Crippen molar-refractivity contribution in [1.82, 2.24) is 14.9 Å². The van der Waals surface area contributed by atoms with E-state index in [9.17, 15) is 22.8 Å². The van der Waals surface area contributed by atoms with Crippen molar-refractivity contribution < 1.29 is 22.7 Å². The van der Waals surface area contributed by atoms with Crippen molar-refractivity contribution in [2.24, 2.45) is 0 Å². The van der Waals surface area contributed by atoms with Crippen LogP contribution in [0.1, 0.15) is 10.4 Å². The van der Waals surface area contributed by atoms with Crippen LogP contribution < -0.4 is 15.7 Å². The third-order valence-electron chi connectivity index (χ3n) is 2.75. The van der Waals surface area contributed by atoms with Crippen LogP contribution >= 0.6 is 0 Å². The van der Waals surface area contributed by atoms with Gasteiger partial charge in [-0.1, -0.05) is 6.07 Å². The summed E-state index contributed by atoms with van der Waals surface area (Å²) in [5.74, 6) is -1.05. The minimum absolute atomic E-state index is 0.0188. The molecule has 6 nitrogen and oxygen atoms in total. The van der Waals surface area contributed by atoms with Crippen LogP contribution in [0.3, 0.4) is 0 Å². The molecule has 1 heterocycles. The average molecular weight is 327 g/mol. The number of benzene rings is 1. The number of carbonyl (C=O) groups excluding carboxylic acids is 1. The van der Waals surface area contributed by atoms with Crippen molar-refractivity contribution in [3.63, 3.8) is 0 Å². The minimum atomic E-state index is -4.82. The second-order valence-corrected chi connectivity index (χ2v) is 4.43. The van der Waals surface area contributed by atoms with Crippen LogP contribution in [0, 0.1) is 0 Å². The topological polar surface area (TPSA) is 73.2 Å². The standard InChI is InChI=1S/C14H12F3N3O3/c15-14(16,17)23-11-4-1-3-10(9-11)12(21)18-6-8-20-7-2-5-19-13(20)22/h1-5,7,9H,6,8H2,(H,18,21). The maximum absolute atomic E-state index is 12.1. The quantitative estimate of drug-likeness (QED) is 0.905. The highest BCUT2D eigenvalue weighted by molar-refractivity contribution is 5.94. The lowest BCUT2D eigenvalue weighted by Gasteiger charge is -2.10. The van der Waals surface area contributed by atoms with E-state index in [-0.39, 0.29) is 18.7 Å². The maximum Gasteiger partial charge on any atom is 0.573 e. The highest BCUT2D eigenvalue weighted by Crippen LogP contribution is 2.23. The Labute approximate surface area is 128 Å². The second-order valence-electron chi connectivity index (χ2n) is 4.43. The fourth-order valence-corrected chi connectivity index (χ4v) is 1.78. The molecular formula is C14H12F3N3O3. The van der Waals surface area contributed by atoms with E-state index in [0.717, 1.165) is 12.1 Å². The maximum atomic E-state index is 12.1. The number of carbonyl (C=O) groups is 1. The van der Waals surface area contributed by atoms with Crippen LogP contribution in [0.5, 0.6) is 5.75 Å². The molecule has 0 saturated carbocycles. The van der Waals surface area contributed by atoms with Crippen LogP contribution in [0.4, 0.5) is 13.2 Å². The van der Waals surface area contributed by atoms with E-state index in [4.69, 9.17) is 0 Å². The van der Waals surface area contributed by atoms with Gasteiger partial charge in [0.25, 0.3) is 5.91 Å². The van der Waals surface area contributed by atoms with Gasteiger partial charge < -0.3 is 10.1 Å². The Hall–Kier alpha value is -2.84. The molecule has 1 amide bonds. The van der Waals surface area contributed by atoms with E-state index in [1.165, 1.54) is 29.1 Å². The molecule has 0 fully saturated rings. The summed E-state index contributed by atoms with van der Waals surface area (Å²) in [5, 5.41) is 2.50. The molecule has 0 bridgehead atoms. The van der Waals surface area contributed by atoms with Crippen LogP contribution in [-0.4, -0.2) is 28.4 Å². The zero-order valence-electron chi connectivity index (χ0n) is 11.7. The minimum Gasteiger partial charge on any atom is -0.406 e. The lowest BCUT2D eigenvalue weighted by Crippen LogP contribution is -2.31. The molecule has 9 heteroatoms. The molecule has 2 rings (SSSR count). The number of halogens is 3. The van der Waals surface area contributed by atoms with Gasteiger partial charge in [-0.2, -0.15) is 0 Å². The summed E-state index contributed by atoms with van der Waals surface area (Å²) >= 11 is 0. The number of nitrogens with one attached hydrogen (secondary N) is 1. The fourth-order valence-electron chi connectivity index (χ4n) is 1.78. The van der Waals surface area contributed by atoms with Crippen molar-refractivity contribution in [3.05, 3.63) is 58.8 Å². The molecule has 1 aromatic carbocycles. The Kier molecular flexibility index (Phi) is 4.99. The largest absolute Gasteiger partial charge is 0.573 e. The first-order chi connectivity index (χ1) is 10.8. The lowest BCUT2D eigenvalue weighted by molar-refractivity contribution is -0.274. The van der Waals surface area contributed by atoms with Gasteiger partial charge in [-0.05, 0) is 24.3 Å². The smallest absolute Gasteiger partial charge is 0.406 e. The van der Waals surface area contributed by atoms with E-state index >= 15 is 0 Å². The van der Waals surface area contributed by atoms with Crippen molar-refractivity contribution in [3.8, 4) is 5.75 Å². The first-order valence-electron chi connectivity index (χ1n) is 6.50. The molecule has 0 radical (unpaired) electrons. The van der Waals surface area contributed by atoms with Gasteiger partial charge in [0.2, 0.25) is 0 Å². The summed E-state index contributed by atoms with van der Waals surface area (Å²) in [5.41, 5.74) is -0.437. The summed E-state index contributed by atoms with van der Waals surface area (Å²) in [7, 11) is 0. The molecule has 0 aliphatic heterocycles. The first-order valence-corrected chi connectivity index (χ1v) is 6.50. The summed E-state index contributed by atoms with van der Waals surface area (Å²) in [6.07, 6.45) is -1.96. The van der Waals surface area contributed by atoms with E-state index in [1.807, 2.05) is 0 Å². The zero-order chi connectivity index (χ0) is 16.9. The SMILES string of the molecule is O=C(NCCn1cccnc1=O)c1cccc(OC(F)(F)F)c1. The van der Waals surface area contributed by atoms with E-state index in [0.29, 0.717) is 0 Å². The Morgan fingerprint density at radius 1 is 1.30 bits per heavy atom.